The lowest BCUT2D eigenvalue weighted by atomic mass is 9.97. The molecule has 0 saturated carbocycles. The Labute approximate surface area is 315 Å². The van der Waals surface area contributed by atoms with Gasteiger partial charge in [-0.2, -0.15) is 0 Å². The number of alkyl carbamates (subject to hydrolysis) is 1. The summed E-state index contributed by atoms with van der Waals surface area (Å²) < 4.78 is 17.0. The number of hydrogen-bond acceptors (Lipinski definition) is 8. The molecule has 0 unspecified atom stereocenters. The zero-order chi connectivity index (χ0) is 38.0. The summed E-state index contributed by atoms with van der Waals surface area (Å²) in [4.78, 5) is 55.1. The molecule has 11 heteroatoms. The summed E-state index contributed by atoms with van der Waals surface area (Å²) in [5, 5.41) is 15.4. The van der Waals surface area contributed by atoms with E-state index < -0.39 is 30.1 Å². The number of hydrogen-bond donors (Lipinski definition) is 3. The number of nitrogens with one attached hydrogen (secondary N) is 2. The molecule has 3 amide bonds. The molecule has 3 N–H and O–H groups in total. The van der Waals surface area contributed by atoms with E-state index in [0.29, 0.717) is 25.3 Å². The summed E-state index contributed by atoms with van der Waals surface area (Å²) in [6.45, 7) is 0.461. The van der Waals surface area contributed by atoms with Gasteiger partial charge in [-0.25, -0.2) is 9.59 Å². The number of cyclic esters (lactones) is 1. The van der Waals surface area contributed by atoms with Crippen molar-refractivity contribution >= 4 is 23.9 Å². The van der Waals surface area contributed by atoms with Gasteiger partial charge in [0.05, 0.1) is 18.6 Å². The highest BCUT2D eigenvalue weighted by Crippen LogP contribution is 2.19. The molecule has 0 spiro atoms. The molecule has 0 radical (unpaired) electrons. The van der Waals surface area contributed by atoms with Crippen molar-refractivity contribution < 1.29 is 38.5 Å². The van der Waals surface area contributed by atoms with E-state index in [4.69, 9.17) is 14.2 Å². The zero-order valence-electron chi connectivity index (χ0n) is 30.2. The molecule has 0 saturated heterocycles. The number of nitrogens with zero attached hydrogens (tertiary/aromatic N) is 1. The van der Waals surface area contributed by atoms with Gasteiger partial charge in [0.1, 0.15) is 31.6 Å². The summed E-state index contributed by atoms with van der Waals surface area (Å²) in [5.41, 5.74) is 3.60. The van der Waals surface area contributed by atoms with Crippen LogP contribution in [-0.2, 0) is 50.0 Å². The Morgan fingerprint density at radius 1 is 0.778 bits per heavy atom. The maximum atomic E-state index is 13.9. The first-order valence-electron chi connectivity index (χ1n) is 18.1. The fourth-order valence-electron chi connectivity index (χ4n) is 5.95. The largest absolute Gasteiger partial charge is 0.489 e. The molecule has 0 aromatic heterocycles. The van der Waals surface area contributed by atoms with E-state index in [2.05, 4.69) is 10.6 Å². The number of benzene rings is 4. The predicted molar refractivity (Wildman–Crippen MR) is 203 cm³/mol. The van der Waals surface area contributed by atoms with Crippen molar-refractivity contribution in [1.82, 2.24) is 15.5 Å². The quantitative estimate of drug-likeness (QED) is 0.114. The van der Waals surface area contributed by atoms with Gasteiger partial charge >= 0.3 is 12.1 Å². The van der Waals surface area contributed by atoms with Gasteiger partial charge in [0.15, 0.2) is 0 Å². The topological polar surface area (TPSA) is 144 Å². The number of aliphatic hydroxyl groups is 1. The van der Waals surface area contributed by atoms with Crippen LogP contribution in [0.5, 0.6) is 5.75 Å². The standard InChI is InChI=1S/C43H47N3O8/c47-25-24-46(28-33-12-4-1-5-13-33)40(48)27-36-18-10-11-19-39(45-43(51)54-30-35-16-8-3-9-17-35)42(50)53-31-37(44-41(36)49)26-32-20-22-38(23-21-32)52-29-34-14-6-2-7-15-34/h1-17,20-23,36-37,39,47H,18-19,24-31H2,(H,44,49)(H,45,51)/t36-,37+,39-/m1/s1. The smallest absolute Gasteiger partial charge is 0.408 e. The molecule has 4 aromatic carbocycles. The molecule has 0 bridgehead atoms. The Kier molecular flexibility index (Phi) is 15.2. The molecule has 282 valence electrons. The highest BCUT2D eigenvalue weighted by Gasteiger charge is 2.29. The third-order valence-corrected chi connectivity index (χ3v) is 8.91. The molecule has 0 fully saturated rings. The second-order valence-electron chi connectivity index (χ2n) is 13.1. The summed E-state index contributed by atoms with van der Waals surface area (Å²) in [6, 6.07) is 34.2. The van der Waals surface area contributed by atoms with Crippen molar-refractivity contribution in [3.63, 3.8) is 0 Å². The summed E-state index contributed by atoms with van der Waals surface area (Å²) in [7, 11) is 0. The Balaban J connectivity index is 1.29. The molecular weight excluding hydrogens is 686 g/mol. The Morgan fingerprint density at radius 2 is 1.39 bits per heavy atom. The first kappa shape index (κ1) is 39.3. The monoisotopic (exact) mass is 733 g/mol. The van der Waals surface area contributed by atoms with Crippen LogP contribution >= 0.6 is 0 Å². The lowest BCUT2D eigenvalue weighted by molar-refractivity contribution is -0.147. The van der Waals surface area contributed by atoms with E-state index in [0.717, 1.165) is 22.3 Å². The number of rotatable bonds is 14. The van der Waals surface area contributed by atoms with Crippen LogP contribution in [0.1, 0.15) is 41.5 Å². The van der Waals surface area contributed by atoms with Crippen LogP contribution in [0.4, 0.5) is 4.79 Å². The fraction of sp³-hybridized carbons (Fsp3) is 0.302. The van der Waals surface area contributed by atoms with Gasteiger partial charge in [0.25, 0.3) is 0 Å². The molecule has 1 aliphatic heterocycles. The number of ether oxygens (including phenoxy) is 3. The minimum atomic E-state index is -1.05. The summed E-state index contributed by atoms with van der Waals surface area (Å²) in [5.74, 6) is -1.38. The van der Waals surface area contributed by atoms with E-state index >= 15 is 0 Å². The van der Waals surface area contributed by atoms with E-state index in [1.807, 2.05) is 115 Å². The molecular formula is C43H47N3O8. The Bertz CT molecular complexity index is 1800. The van der Waals surface area contributed by atoms with Gasteiger partial charge in [-0.1, -0.05) is 115 Å². The van der Waals surface area contributed by atoms with Crippen LogP contribution in [0.3, 0.4) is 0 Å². The average Bonchev–Trinajstić information content (AvgIpc) is 3.20. The summed E-state index contributed by atoms with van der Waals surface area (Å²) in [6.07, 6.45) is 3.15. The first-order valence-corrected chi connectivity index (χ1v) is 18.1. The lowest BCUT2D eigenvalue weighted by Crippen LogP contribution is -2.47. The van der Waals surface area contributed by atoms with Crippen LogP contribution in [-0.4, -0.2) is 65.7 Å². The SMILES string of the molecule is O=C(N[C@@H]1CC=CC[C@H](CC(=O)N(CCO)Cc2ccccc2)C(=O)N[C@@H](Cc2ccc(OCc3ccccc3)cc2)COC1=O)OCc1ccccc1. The van der Waals surface area contributed by atoms with Crippen LogP contribution in [0.2, 0.25) is 0 Å². The van der Waals surface area contributed by atoms with Gasteiger partial charge < -0.3 is 34.9 Å². The van der Waals surface area contributed by atoms with Gasteiger partial charge in [-0.15, -0.1) is 0 Å². The Morgan fingerprint density at radius 3 is 2.04 bits per heavy atom. The van der Waals surface area contributed by atoms with Crippen molar-refractivity contribution in [1.29, 1.82) is 0 Å². The van der Waals surface area contributed by atoms with Crippen molar-refractivity contribution in [3.05, 3.63) is 150 Å². The third kappa shape index (κ3) is 12.9. The van der Waals surface area contributed by atoms with E-state index in [1.54, 1.807) is 17.1 Å². The van der Waals surface area contributed by atoms with Crippen molar-refractivity contribution in [2.45, 2.75) is 57.5 Å². The van der Waals surface area contributed by atoms with Gasteiger partial charge in [0.2, 0.25) is 11.8 Å². The zero-order valence-corrected chi connectivity index (χ0v) is 30.2. The van der Waals surface area contributed by atoms with Gasteiger partial charge in [-0.05, 0) is 53.6 Å². The van der Waals surface area contributed by atoms with E-state index in [9.17, 15) is 24.3 Å². The Hall–Kier alpha value is -5.94. The second-order valence-corrected chi connectivity index (χ2v) is 13.1. The van der Waals surface area contributed by atoms with E-state index in [-0.39, 0.29) is 57.4 Å². The lowest BCUT2D eigenvalue weighted by Gasteiger charge is -2.27. The van der Waals surface area contributed by atoms with Crippen LogP contribution in [0.15, 0.2) is 127 Å². The van der Waals surface area contributed by atoms with Gasteiger partial charge in [0, 0.05) is 19.5 Å². The maximum absolute atomic E-state index is 13.9. The molecule has 11 nitrogen and oxygen atoms in total. The van der Waals surface area contributed by atoms with Crippen LogP contribution < -0.4 is 15.4 Å². The molecule has 4 aromatic rings. The third-order valence-electron chi connectivity index (χ3n) is 8.91. The van der Waals surface area contributed by atoms with Gasteiger partial charge in [-0.3, -0.25) is 9.59 Å². The number of esters is 1. The highest BCUT2D eigenvalue weighted by molar-refractivity contribution is 5.86. The van der Waals surface area contributed by atoms with Crippen LogP contribution in [0.25, 0.3) is 0 Å². The fourth-order valence-corrected chi connectivity index (χ4v) is 5.95. The molecule has 3 atom stereocenters. The highest BCUT2D eigenvalue weighted by atomic mass is 16.6. The minimum absolute atomic E-state index is 0.0295. The summed E-state index contributed by atoms with van der Waals surface area (Å²) >= 11 is 0. The molecule has 1 heterocycles. The van der Waals surface area contributed by atoms with Crippen molar-refractivity contribution in [2.24, 2.45) is 5.92 Å². The minimum Gasteiger partial charge on any atom is -0.489 e. The number of carbonyl (C=O) groups excluding carboxylic acids is 4. The predicted octanol–water partition coefficient (Wildman–Crippen LogP) is 5.51. The number of allylic oxidation sites excluding steroid dienone is 1. The number of aliphatic hydroxyl groups excluding tert-OH is 1. The molecule has 0 aliphatic carbocycles. The first-order chi connectivity index (χ1) is 26.4. The molecule has 54 heavy (non-hydrogen) atoms. The number of carbonyl (C=O) groups is 4. The number of amides is 3. The maximum Gasteiger partial charge on any atom is 0.408 e. The average molecular weight is 734 g/mol. The van der Waals surface area contributed by atoms with Crippen molar-refractivity contribution in [3.8, 4) is 5.75 Å². The van der Waals surface area contributed by atoms with Crippen LogP contribution in [0, 0.1) is 5.92 Å². The molecule has 5 rings (SSSR count). The molecule has 1 aliphatic rings. The normalized spacial score (nSPS) is 17.5. The van der Waals surface area contributed by atoms with E-state index in [1.165, 1.54) is 0 Å². The second kappa shape index (κ2) is 20.9. The van der Waals surface area contributed by atoms with Crippen molar-refractivity contribution in [2.75, 3.05) is 19.8 Å².